The lowest BCUT2D eigenvalue weighted by molar-refractivity contribution is 0.109. The van der Waals surface area contributed by atoms with E-state index in [0.717, 1.165) is 16.6 Å². The minimum atomic E-state index is 0.305. The molecule has 0 fully saturated rings. The maximum atomic E-state index is 6.04. The number of ether oxygens (including phenoxy) is 1. The molecular formula is C13H18BrNO. The largest absolute Gasteiger partial charge is 0.490 e. The van der Waals surface area contributed by atoms with Gasteiger partial charge in [0.1, 0.15) is 11.9 Å². The molecule has 1 N–H and O–H groups in total. The number of hydrogen-bond donors (Lipinski definition) is 1. The van der Waals surface area contributed by atoms with Crippen LogP contribution >= 0.6 is 15.9 Å². The summed E-state index contributed by atoms with van der Waals surface area (Å²) in [5.41, 5.74) is 1.27. The zero-order valence-electron chi connectivity index (χ0n) is 9.96. The number of hydrogen-bond acceptors (Lipinski definition) is 2. The van der Waals surface area contributed by atoms with E-state index in [1.54, 1.807) is 0 Å². The van der Waals surface area contributed by atoms with Crippen LogP contribution in [-0.4, -0.2) is 13.2 Å². The fourth-order valence-electron chi connectivity index (χ4n) is 2.15. The first-order valence-corrected chi connectivity index (χ1v) is 6.54. The summed E-state index contributed by atoms with van der Waals surface area (Å²) in [6.07, 6.45) is 1.35. The maximum absolute atomic E-state index is 6.04. The lowest BCUT2D eigenvalue weighted by Crippen LogP contribution is -2.34. The number of halogens is 1. The van der Waals surface area contributed by atoms with E-state index < -0.39 is 0 Å². The molecule has 0 bridgehead atoms. The Bertz CT molecular complexity index is 378. The molecule has 0 saturated heterocycles. The van der Waals surface area contributed by atoms with Gasteiger partial charge in [-0.2, -0.15) is 0 Å². The van der Waals surface area contributed by atoms with Crippen LogP contribution in [0.3, 0.4) is 0 Å². The first-order chi connectivity index (χ1) is 7.61. The van der Waals surface area contributed by atoms with Gasteiger partial charge >= 0.3 is 0 Å². The van der Waals surface area contributed by atoms with Crippen molar-refractivity contribution in [3.8, 4) is 5.75 Å². The van der Waals surface area contributed by atoms with E-state index in [0.29, 0.717) is 18.1 Å². The van der Waals surface area contributed by atoms with Crippen LogP contribution in [-0.2, 0) is 0 Å². The van der Waals surface area contributed by atoms with Crippen LogP contribution in [0.2, 0.25) is 0 Å². The third-order valence-electron chi connectivity index (χ3n) is 3.19. The molecule has 1 heterocycles. The molecule has 0 amide bonds. The van der Waals surface area contributed by atoms with Gasteiger partial charge in [-0.1, -0.05) is 35.8 Å². The van der Waals surface area contributed by atoms with Crippen molar-refractivity contribution in [3.05, 3.63) is 28.2 Å². The van der Waals surface area contributed by atoms with Gasteiger partial charge in [0.2, 0.25) is 0 Å². The van der Waals surface area contributed by atoms with E-state index >= 15 is 0 Å². The number of fused-ring (bicyclic) bond motifs is 1. The molecular weight excluding hydrogens is 266 g/mol. The zero-order chi connectivity index (χ0) is 11.7. The van der Waals surface area contributed by atoms with E-state index in [9.17, 15) is 0 Å². The molecule has 3 heteroatoms. The van der Waals surface area contributed by atoms with Crippen LogP contribution in [0, 0.1) is 5.92 Å². The van der Waals surface area contributed by atoms with E-state index in [1.807, 2.05) is 7.05 Å². The molecule has 0 radical (unpaired) electrons. The van der Waals surface area contributed by atoms with E-state index in [-0.39, 0.29) is 0 Å². The molecule has 1 aliphatic heterocycles. The van der Waals surface area contributed by atoms with Crippen molar-refractivity contribution in [2.24, 2.45) is 5.92 Å². The van der Waals surface area contributed by atoms with Gasteiger partial charge in [-0.05, 0) is 25.1 Å². The zero-order valence-corrected chi connectivity index (χ0v) is 11.5. The summed E-state index contributed by atoms with van der Waals surface area (Å²) in [6, 6.07) is 6.68. The second-order valence-electron chi connectivity index (χ2n) is 4.66. The second kappa shape index (κ2) is 4.76. The molecule has 1 aromatic carbocycles. The Kier molecular flexibility index (Phi) is 3.55. The Morgan fingerprint density at radius 2 is 2.19 bits per heavy atom. The smallest absolute Gasteiger partial charge is 0.125 e. The predicted molar refractivity (Wildman–Crippen MR) is 69.8 cm³/mol. The first-order valence-electron chi connectivity index (χ1n) is 5.75. The molecule has 88 valence electrons. The summed E-state index contributed by atoms with van der Waals surface area (Å²) in [7, 11) is 2.01. The monoisotopic (exact) mass is 283 g/mol. The second-order valence-corrected chi connectivity index (χ2v) is 5.58. The standard InChI is InChI=1S/C13H18BrNO/c1-8(2)12-7-11(15-3)10-5-4-9(14)6-13(10)16-12/h4-6,8,11-12,15H,7H2,1-3H3. The van der Waals surface area contributed by atoms with Crippen LogP contribution < -0.4 is 10.1 Å². The average Bonchev–Trinajstić information content (AvgIpc) is 2.26. The number of rotatable bonds is 2. The Morgan fingerprint density at radius 3 is 2.81 bits per heavy atom. The minimum Gasteiger partial charge on any atom is -0.490 e. The fourth-order valence-corrected chi connectivity index (χ4v) is 2.49. The van der Waals surface area contributed by atoms with Crippen molar-refractivity contribution in [1.29, 1.82) is 0 Å². The molecule has 0 saturated carbocycles. The molecule has 1 aliphatic rings. The molecule has 2 unspecified atom stereocenters. The molecule has 16 heavy (non-hydrogen) atoms. The third kappa shape index (κ3) is 2.25. The van der Waals surface area contributed by atoms with Crippen molar-refractivity contribution in [3.63, 3.8) is 0 Å². The molecule has 2 nitrogen and oxygen atoms in total. The molecule has 0 aromatic heterocycles. The lowest BCUT2D eigenvalue weighted by Gasteiger charge is -2.34. The van der Waals surface area contributed by atoms with Crippen LogP contribution in [0.25, 0.3) is 0 Å². The van der Waals surface area contributed by atoms with Gasteiger partial charge in [0.05, 0.1) is 0 Å². The fraction of sp³-hybridized carbons (Fsp3) is 0.538. The van der Waals surface area contributed by atoms with Crippen LogP contribution in [0.4, 0.5) is 0 Å². The molecule has 2 atom stereocenters. The molecule has 2 rings (SSSR count). The van der Waals surface area contributed by atoms with E-state index in [4.69, 9.17) is 4.74 Å². The summed E-state index contributed by atoms with van der Waals surface area (Å²) in [4.78, 5) is 0. The van der Waals surface area contributed by atoms with Crippen molar-refractivity contribution < 1.29 is 4.74 Å². The van der Waals surface area contributed by atoms with E-state index in [1.165, 1.54) is 5.56 Å². The molecule has 1 aromatic rings. The maximum Gasteiger partial charge on any atom is 0.125 e. The lowest BCUT2D eigenvalue weighted by atomic mass is 9.91. The highest BCUT2D eigenvalue weighted by Crippen LogP contribution is 2.38. The normalized spacial score (nSPS) is 24.1. The summed E-state index contributed by atoms with van der Waals surface area (Å²) < 4.78 is 7.11. The highest BCUT2D eigenvalue weighted by Gasteiger charge is 2.29. The van der Waals surface area contributed by atoms with Crippen molar-refractivity contribution in [2.75, 3.05) is 7.05 Å². The van der Waals surface area contributed by atoms with Crippen molar-refractivity contribution in [1.82, 2.24) is 5.32 Å². The average molecular weight is 284 g/mol. The van der Waals surface area contributed by atoms with Crippen LogP contribution in [0.1, 0.15) is 31.9 Å². The van der Waals surface area contributed by atoms with Crippen molar-refractivity contribution in [2.45, 2.75) is 32.4 Å². The Balaban J connectivity index is 2.34. The van der Waals surface area contributed by atoms with Gasteiger partial charge < -0.3 is 10.1 Å². The predicted octanol–water partition coefficient (Wildman–Crippen LogP) is 3.52. The third-order valence-corrected chi connectivity index (χ3v) is 3.68. The summed E-state index contributed by atoms with van der Waals surface area (Å²) in [5, 5.41) is 3.37. The molecule has 0 spiro atoms. The van der Waals surface area contributed by atoms with Crippen LogP contribution in [0.5, 0.6) is 5.75 Å². The SMILES string of the molecule is CNC1CC(C(C)C)Oc2cc(Br)ccc21. The van der Waals surface area contributed by atoms with E-state index in [2.05, 4.69) is 53.3 Å². The van der Waals surface area contributed by atoms with Crippen LogP contribution in [0.15, 0.2) is 22.7 Å². The van der Waals surface area contributed by atoms with Gasteiger partial charge in [0.25, 0.3) is 0 Å². The summed E-state index contributed by atoms with van der Waals surface area (Å²) >= 11 is 3.49. The first kappa shape index (κ1) is 11.9. The Morgan fingerprint density at radius 1 is 1.44 bits per heavy atom. The summed E-state index contributed by atoms with van der Waals surface area (Å²) in [5.74, 6) is 1.56. The topological polar surface area (TPSA) is 21.3 Å². The number of nitrogens with one attached hydrogen (secondary N) is 1. The Hall–Kier alpha value is -0.540. The molecule has 0 aliphatic carbocycles. The van der Waals surface area contributed by atoms with Gasteiger partial charge in [0.15, 0.2) is 0 Å². The van der Waals surface area contributed by atoms with Gasteiger partial charge in [-0.25, -0.2) is 0 Å². The number of benzene rings is 1. The summed E-state index contributed by atoms with van der Waals surface area (Å²) in [6.45, 7) is 4.42. The van der Waals surface area contributed by atoms with Gasteiger partial charge in [-0.3, -0.25) is 0 Å². The Labute approximate surface area is 106 Å². The highest BCUT2D eigenvalue weighted by atomic mass is 79.9. The van der Waals surface area contributed by atoms with Crippen molar-refractivity contribution >= 4 is 15.9 Å². The van der Waals surface area contributed by atoms with Gasteiger partial charge in [0, 0.05) is 22.5 Å². The quantitative estimate of drug-likeness (QED) is 0.897. The van der Waals surface area contributed by atoms with Gasteiger partial charge in [-0.15, -0.1) is 0 Å². The minimum absolute atomic E-state index is 0.305. The highest BCUT2D eigenvalue weighted by molar-refractivity contribution is 9.10.